The zero-order valence-corrected chi connectivity index (χ0v) is 21.7. The topological polar surface area (TPSA) is 104 Å². The molecule has 0 atom stereocenters. The van der Waals surface area contributed by atoms with Gasteiger partial charge in [0.2, 0.25) is 0 Å². The van der Waals surface area contributed by atoms with Crippen molar-refractivity contribution in [3.63, 3.8) is 0 Å². The van der Waals surface area contributed by atoms with Crippen molar-refractivity contribution in [3.8, 4) is 22.6 Å². The Labute approximate surface area is 215 Å². The van der Waals surface area contributed by atoms with Crippen LogP contribution in [-0.2, 0) is 9.53 Å². The molecule has 0 unspecified atom stereocenters. The highest BCUT2D eigenvalue weighted by Gasteiger charge is 2.28. The Bertz CT molecular complexity index is 1310. The van der Waals surface area contributed by atoms with E-state index in [-0.39, 0.29) is 11.9 Å². The molecule has 4 rings (SSSR count). The first kappa shape index (κ1) is 26.3. The predicted octanol–water partition coefficient (Wildman–Crippen LogP) is 5.71. The molecule has 1 aromatic heterocycles. The van der Waals surface area contributed by atoms with Gasteiger partial charge in [-0.05, 0) is 88.3 Å². The largest absolute Gasteiger partial charge is 0.497 e. The number of carbonyl (C=O) groups excluding carboxylic acids is 2. The van der Waals surface area contributed by atoms with Crippen molar-refractivity contribution < 1.29 is 28.2 Å². The minimum absolute atomic E-state index is 0.210. The molecule has 0 bridgehead atoms. The smallest absolute Gasteiger partial charge is 0.407 e. The first-order valence-electron chi connectivity index (χ1n) is 12.5. The summed E-state index contributed by atoms with van der Waals surface area (Å²) in [5, 5.41) is 3.54. The van der Waals surface area contributed by atoms with Gasteiger partial charge in [-0.1, -0.05) is 12.1 Å². The number of methoxy groups -OCH3 is 1. The Morgan fingerprint density at radius 3 is 2.30 bits per heavy atom. The van der Waals surface area contributed by atoms with E-state index in [1.807, 2.05) is 20.8 Å². The van der Waals surface area contributed by atoms with Gasteiger partial charge < -0.3 is 23.9 Å². The number of carbonyl (C=O) groups is 2. The highest BCUT2D eigenvalue weighted by molar-refractivity contribution is 5.84. The van der Waals surface area contributed by atoms with Crippen molar-refractivity contribution in [2.75, 3.05) is 13.7 Å². The maximum atomic E-state index is 12.8. The average Bonchev–Trinajstić information content (AvgIpc) is 2.86. The summed E-state index contributed by atoms with van der Waals surface area (Å²) in [5.74, 6) is 0.831. The lowest BCUT2D eigenvalue weighted by Gasteiger charge is -2.28. The van der Waals surface area contributed by atoms with Crippen LogP contribution in [0.3, 0.4) is 0 Å². The van der Waals surface area contributed by atoms with E-state index in [2.05, 4.69) is 5.32 Å². The van der Waals surface area contributed by atoms with Gasteiger partial charge in [-0.25, -0.2) is 9.59 Å². The lowest BCUT2D eigenvalue weighted by Crippen LogP contribution is -2.36. The van der Waals surface area contributed by atoms with E-state index in [4.69, 9.17) is 18.6 Å². The average molecular weight is 508 g/mol. The minimum atomic E-state index is -0.532. The normalized spacial score (nSPS) is 17.7. The fourth-order valence-corrected chi connectivity index (χ4v) is 4.47. The molecule has 2 aromatic carbocycles. The maximum absolute atomic E-state index is 12.8. The molecule has 1 N–H and O–H groups in total. The number of esters is 1. The van der Waals surface area contributed by atoms with Crippen LogP contribution in [0.5, 0.6) is 11.5 Å². The van der Waals surface area contributed by atoms with E-state index in [1.54, 1.807) is 55.6 Å². The summed E-state index contributed by atoms with van der Waals surface area (Å²) >= 11 is 0. The van der Waals surface area contributed by atoms with Crippen LogP contribution in [0.2, 0.25) is 0 Å². The third-order valence-corrected chi connectivity index (χ3v) is 6.44. The summed E-state index contributed by atoms with van der Waals surface area (Å²) in [6.07, 6.45) is 2.58. The molecule has 0 aliphatic heterocycles. The van der Waals surface area contributed by atoms with Gasteiger partial charge in [0, 0.05) is 18.0 Å². The number of alkyl carbamates (subject to hydrolysis) is 1. The molecular formula is C29H33NO7. The molecule has 196 valence electrons. The Morgan fingerprint density at radius 1 is 0.973 bits per heavy atom. The van der Waals surface area contributed by atoms with Crippen molar-refractivity contribution in [1.82, 2.24) is 5.32 Å². The molecule has 3 aromatic rings. The molecule has 37 heavy (non-hydrogen) atoms. The van der Waals surface area contributed by atoms with E-state index in [9.17, 15) is 14.4 Å². The summed E-state index contributed by atoms with van der Waals surface area (Å²) in [5.41, 5.74) is 0.515. The van der Waals surface area contributed by atoms with Crippen molar-refractivity contribution in [2.45, 2.75) is 52.1 Å². The van der Waals surface area contributed by atoms with E-state index >= 15 is 0 Å². The summed E-state index contributed by atoms with van der Waals surface area (Å²) in [4.78, 5) is 37.3. The van der Waals surface area contributed by atoms with Gasteiger partial charge in [0.05, 0.1) is 18.6 Å². The first-order chi connectivity index (χ1) is 17.6. The van der Waals surface area contributed by atoms with Crippen LogP contribution in [0.25, 0.3) is 22.1 Å². The standard InChI is InChI=1S/C29H33NO7/c1-29(2,3)37-28(33)30-17-18-5-7-20(8-6-18)26(31)35-23-14-11-21-15-24(27(32)36-25(21)16-23)19-9-12-22(34-4)13-10-19/h9-16,18,20H,5-8,17H2,1-4H3,(H,30,33). The summed E-state index contributed by atoms with van der Waals surface area (Å²) in [6.45, 7) is 6.00. The highest BCUT2D eigenvalue weighted by Crippen LogP contribution is 2.31. The van der Waals surface area contributed by atoms with Gasteiger partial charge in [0.25, 0.3) is 0 Å². The number of ether oxygens (including phenoxy) is 3. The molecule has 0 saturated heterocycles. The highest BCUT2D eigenvalue weighted by atomic mass is 16.6. The fourth-order valence-electron chi connectivity index (χ4n) is 4.47. The summed E-state index contributed by atoms with van der Waals surface area (Å²) < 4.78 is 21.6. The van der Waals surface area contributed by atoms with Crippen LogP contribution in [0, 0.1) is 11.8 Å². The van der Waals surface area contributed by atoms with Crippen LogP contribution in [-0.4, -0.2) is 31.3 Å². The molecule has 1 fully saturated rings. The number of nitrogens with one attached hydrogen (secondary N) is 1. The van der Waals surface area contributed by atoms with E-state index in [0.717, 1.165) is 23.8 Å². The first-order valence-corrected chi connectivity index (χ1v) is 12.5. The Hall–Kier alpha value is -3.81. The molecule has 1 amide bonds. The van der Waals surface area contributed by atoms with Crippen LogP contribution in [0.4, 0.5) is 4.79 Å². The second-order valence-corrected chi connectivity index (χ2v) is 10.4. The molecule has 1 heterocycles. The van der Waals surface area contributed by atoms with Gasteiger partial charge in [-0.15, -0.1) is 0 Å². The van der Waals surface area contributed by atoms with E-state index < -0.39 is 17.3 Å². The van der Waals surface area contributed by atoms with Crippen molar-refractivity contribution in [3.05, 3.63) is 59.0 Å². The van der Waals surface area contributed by atoms with Gasteiger partial charge in [-0.2, -0.15) is 0 Å². The molecule has 0 spiro atoms. The van der Waals surface area contributed by atoms with Crippen molar-refractivity contribution >= 4 is 23.0 Å². The second kappa shape index (κ2) is 11.1. The van der Waals surface area contributed by atoms with Crippen LogP contribution in [0.15, 0.2) is 57.7 Å². The molecule has 0 radical (unpaired) electrons. The summed E-state index contributed by atoms with van der Waals surface area (Å²) in [6, 6.07) is 14.0. The zero-order valence-electron chi connectivity index (χ0n) is 21.7. The lowest BCUT2D eigenvalue weighted by atomic mass is 9.82. The van der Waals surface area contributed by atoms with Gasteiger partial charge in [0.1, 0.15) is 22.7 Å². The number of benzene rings is 2. The number of rotatable bonds is 6. The molecular weight excluding hydrogens is 474 g/mol. The molecule has 8 heteroatoms. The number of hydrogen-bond acceptors (Lipinski definition) is 7. The van der Waals surface area contributed by atoms with Crippen LogP contribution < -0.4 is 20.4 Å². The Balaban J connectivity index is 1.34. The summed E-state index contributed by atoms with van der Waals surface area (Å²) in [7, 11) is 1.58. The molecule has 8 nitrogen and oxygen atoms in total. The molecule has 1 aliphatic carbocycles. The third-order valence-electron chi connectivity index (χ3n) is 6.44. The lowest BCUT2D eigenvalue weighted by molar-refractivity contribution is -0.140. The van der Waals surface area contributed by atoms with Crippen molar-refractivity contribution in [1.29, 1.82) is 0 Å². The minimum Gasteiger partial charge on any atom is -0.497 e. The maximum Gasteiger partial charge on any atom is 0.407 e. The monoisotopic (exact) mass is 507 g/mol. The van der Waals surface area contributed by atoms with Gasteiger partial charge in [-0.3, -0.25) is 4.79 Å². The molecule has 1 aliphatic rings. The van der Waals surface area contributed by atoms with Crippen LogP contribution >= 0.6 is 0 Å². The fraction of sp³-hybridized carbons (Fsp3) is 0.414. The Morgan fingerprint density at radius 2 is 1.65 bits per heavy atom. The van der Waals surface area contributed by atoms with Crippen molar-refractivity contribution in [2.24, 2.45) is 11.8 Å². The number of fused-ring (bicyclic) bond motifs is 1. The Kier molecular flexibility index (Phi) is 7.86. The molecule has 1 saturated carbocycles. The van der Waals surface area contributed by atoms with Crippen LogP contribution in [0.1, 0.15) is 46.5 Å². The van der Waals surface area contributed by atoms with Gasteiger partial charge >= 0.3 is 17.7 Å². The zero-order chi connectivity index (χ0) is 26.6. The second-order valence-electron chi connectivity index (χ2n) is 10.4. The number of amides is 1. The SMILES string of the molecule is COc1ccc(-c2cc3ccc(OC(=O)C4CCC(CNC(=O)OC(C)(C)C)CC4)cc3oc2=O)cc1. The quantitative estimate of drug-likeness (QED) is 0.259. The van der Waals surface area contributed by atoms with E-state index in [0.29, 0.717) is 47.9 Å². The van der Waals surface area contributed by atoms with Gasteiger partial charge in [0.15, 0.2) is 0 Å². The predicted molar refractivity (Wildman–Crippen MR) is 140 cm³/mol. The van der Waals surface area contributed by atoms with E-state index in [1.165, 1.54) is 0 Å². The number of hydrogen-bond donors (Lipinski definition) is 1. The third kappa shape index (κ3) is 6.90.